The molecule has 3 rings (SSSR count). The van der Waals surface area contributed by atoms with Crippen LogP contribution in [0.15, 0.2) is 18.2 Å². The molecule has 5 nitrogen and oxygen atoms in total. The zero-order valence-corrected chi connectivity index (χ0v) is 17.5. The Bertz CT molecular complexity index is 990. The number of fused-ring (bicyclic) bond motifs is 1. The van der Waals surface area contributed by atoms with Gasteiger partial charge in [-0.2, -0.15) is 0 Å². The lowest BCUT2D eigenvalue weighted by Gasteiger charge is -2.17. The Balaban J connectivity index is 1.71. The van der Waals surface area contributed by atoms with Crippen LogP contribution in [0.1, 0.15) is 37.9 Å². The minimum absolute atomic E-state index is 0.00317. The first-order valence-corrected chi connectivity index (χ1v) is 9.79. The van der Waals surface area contributed by atoms with Gasteiger partial charge >= 0.3 is 0 Å². The minimum atomic E-state index is -0.00317. The van der Waals surface area contributed by atoms with Crippen LogP contribution in [0.5, 0.6) is 5.75 Å². The lowest BCUT2D eigenvalue weighted by Crippen LogP contribution is -2.30. The van der Waals surface area contributed by atoms with Crippen molar-refractivity contribution in [3.05, 3.63) is 51.3 Å². The Morgan fingerprint density at radius 2 is 1.74 bits per heavy atom. The standard InChI is InChI=1S/C21H25N3O2S/c1-12-9-13(2)11-17(10-12)26-8-7-24(6)21(25)19-14(3)18-15(4)22-16(5)23-20(18)27-19/h9-11H,7-8H2,1-6H3. The van der Waals surface area contributed by atoms with Crippen LogP contribution in [0.2, 0.25) is 0 Å². The molecule has 0 N–H and O–H groups in total. The van der Waals surface area contributed by atoms with Gasteiger partial charge in [0.15, 0.2) is 0 Å². The summed E-state index contributed by atoms with van der Waals surface area (Å²) in [7, 11) is 1.81. The van der Waals surface area contributed by atoms with Gasteiger partial charge in [0.05, 0.1) is 11.4 Å². The van der Waals surface area contributed by atoms with Crippen LogP contribution in [-0.4, -0.2) is 41.0 Å². The average molecular weight is 384 g/mol. The maximum absolute atomic E-state index is 12.9. The summed E-state index contributed by atoms with van der Waals surface area (Å²) in [5, 5.41) is 0.994. The van der Waals surface area contributed by atoms with Crippen molar-refractivity contribution in [2.24, 2.45) is 0 Å². The predicted octanol–water partition coefficient (Wildman–Crippen LogP) is 4.38. The second kappa shape index (κ2) is 7.64. The van der Waals surface area contributed by atoms with Crippen molar-refractivity contribution in [2.75, 3.05) is 20.2 Å². The molecule has 142 valence electrons. The molecule has 0 aliphatic heterocycles. The molecule has 1 aromatic carbocycles. The predicted molar refractivity (Wildman–Crippen MR) is 110 cm³/mol. The highest BCUT2D eigenvalue weighted by molar-refractivity contribution is 7.20. The number of aromatic nitrogens is 2. The van der Waals surface area contributed by atoms with Gasteiger partial charge in [-0.25, -0.2) is 9.97 Å². The lowest BCUT2D eigenvalue weighted by atomic mass is 10.1. The lowest BCUT2D eigenvalue weighted by molar-refractivity contribution is 0.0778. The Morgan fingerprint density at radius 1 is 1.07 bits per heavy atom. The second-order valence-corrected chi connectivity index (χ2v) is 7.99. The molecule has 2 aromatic heterocycles. The van der Waals surface area contributed by atoms with Gasteiger partial charge in [0, 0.05) is 18.1 Å². The smallest absolute Gasteiger partial charge is 0.264 e. The van der Waals surface area contributed by atoms with Crippen molar-refractivity contribution < 1.29 is 9.53 Å². The largest absolute Gasteiger partial charge is 0.492 e. The fourth-order valence-corrected chi connectivity index (χ4v) is 4.54. The summed E-state index contributed by atoms with van der Waals surface area (Å²) in [5.41, 5.74) is 4.22. The molecule has 0 fully saturated rings. The van der Waals surface area contributed by atoms with E-state index in [0.717, 1.165) is 37.9 Å². The van der Waals surface area contributed by atoms with Gasteiger partial charge in [-0.15, -0.1) is 11.3 Å². The Morgan fingerprint density at radius 3 is 2.41 bits per heavy atom. The van der Waals surface area contributed by atoms with Crippen molar-refractivity contribution in [2.45, 2.75) is 34.6 Å². The van der Waals surface area contributed by atoms with Crippen LogP contribution in [0.4, 0.5) is 0 Å². The molecular formula is C21H25N3O2S. The Hall–Kier alpha value is -2.47. The van der Waals surface area contributed by atoms with E-state index in [-0.39, 0.29) is 5.91 Å². The summed E-state index contributed by atoms with van der Waals surface area (Å²) < 4.78 is 5.84. The molecule has 1 amide bonds. The molecule has 0 radical (unpaired) electrons. The molecular weight excluding hydrogens is 358 g/mol. The number of benzene rings is 1. The van der Waals surface area contributed by atoms with E-state index < -0.39 is 0 Å². The summed E-state index contributed by atoms with van der Waals surface area (Å²) in [4.78, 5) is 25.1. The molecule has 6 heteroatoms. The number of thiophene rings is 1. The number of rotatable bonds is 5. The molecule has 0 aliphatic rings. The van der Waals surface area contributed by atoms with Gasteiger partial charge in [-0.3, -0.25) is 4.79 Å². The first kappa shape index (κ1) is 19.3. The third kappa shape index (κ3) is 4.11. The SMILES string of the molecule is Cc1cc(C)cc(OCCN(C)C(=O)c2sc3nc(C)nc(C)c3c2C)c1. The van der Waals surface area contributed by atoms with Crippen molar-refractivity contribution in [1.29, 1.82) is 0 Å². The average Bonchev–Trinajstić information content (AvgIpc) is 2.89. The van der Waals surface area contributed by atoms with Crippen molar-refractivity contribution in [3.63, 3.8) is 0 Å². The maximum atomic E-state index is 12.9. The Labute approximate surface area is 164 Å². The van der Waals surface area contributed by atoms with E-state index in [1.807, 2.05) is 46.8 Å². The van der Waals surface area contributed by atoms with E-state index in [4.69, 9.17) is 4.74 Å². The highest BCUT2D eigenvalue weighted by Crippen LogP contribution is 2.31. The zero-order chi connectivity index (χ0) is 19.7. The molecule has 0 saturated carbocycles. The number of ether oxygens (including phenoxy) is 1. The minimum Gasteiger partial charge on any atom is -0.492 e. The first-order valence-electron chi connectivity index (χ1n) is 8.97. The number of hydrogen-bond acceptors (Lipinski definition) is 5. The van der Waals surface area contributed by atoms with E-state index >= 15 is 0 Å². The monoisotopic (exact) mass is 383 g/mol. The number of carbonyl (C=O) groups excluding carboxylic acids is 1. The van der Waals surface area contributed by atoms with Gasteiger partial charge < -0.3 is 9.64 Å². The van der Waals surface area contributed by atoms with Crippen LogP contribution in [-0.2, 0) is 0 Å². The summed E-state index contributed by atoms with van der Waals surface area (Å²) in [6.45, 7) is 10.9. The summed E-state index contributed by atoms with van der Waals surface area (Å²) in [5.74, 6) is 1.57. The molecule has 2 heterocycles. The van der Waals surface area contributed by atoms with Crippen LogP contribution >= 0.6 is 11.3 Å². The normalized spacial score (nSPS) is 11.0. The van der Waals surface area contributed by atoms with Gasteiger partial charge in [-0.1, -0.05) is 6.07 Å². The van der Waals surface area contributed by atoms with E-state index in [1.165, 1.54) is 22.5 Å². The highest BCUT2D eigenvalue weighted by atomic mass is 32.1. The second-order valence-electron chi connectivity index (χ2n) is 6.99. The Kier molecular flexibility index (Phi) is 5.46. The van der Waals surface area contributed by atoms with Crippen LogP contribution < -0.4 is 4.74 Å². The number of hydrogen-bond donors (Lipinski definition) is 0. The van der Waals surface area contributed by atoms with Crippen LogP contribution in [0.3, 0.4) is 0 Å². The third-order valence-electron chi connectivity index (χ3n) is 4.51. The van der Waals surface area contributed by atoms with Crippen LogP contribution in [0, 0.1) is 34.6 Å². The first-order chi connectivity index (χ1) is 12.8. The van der Waals surface area contributed by atoms with Gasteiger partial charge in [-0.05, 0) is 63.4 Å². The third-order valence-corrected chi connectivity index (χ3v) is 5.69. The molecule has 0 unspecified atom stereocenters. The molecule has 0 saturated heterocycles. The van der Waals surface area contributed by atoms with Gasteiger partial charge in [0.2, 0.25) is 0 Å². The molecule has 27 heavy (non-hydrogen) atoms. The number of carbonyl (C=O) groups is 1. The van der Waals surface area contributed by atoms with E-state index in [9.17, 15) is 4.79 Å². The molecule has 0 aliphatic carbocycles. The molecule has 0 atom stereocenters. The zero-order valence-electron chi connectivity index (χ0n) is 16.7. The van der Waals surface area contributed by atoms with Crippen molar-refractivity contribution in [3.8, 4) is 5.75 Å². The molecule has 0 bridgehead atoms. The van der Waals surface area contributed by atoms with Crippen molar-refractivity contribution >= 4 is 27.5 Å². The number of likely N-dealkylation sites (N-methyl/N-ethyl adjacent to an activating group) is 1. The fraction of sp³-hybridized carbons (Fsp3) is 0.381. The maximum Gasteiger partial charge on any atom is 0.264 e. The number of aryl methyl sites for hydroxylation is 5. The van der Waals surface area contributed by atoms with E-state index in [1.54, 1.807) is 11.9 Å². The van der Waals surface area contributed by atoms with E-state index in [2.05, 4.69) is 16.0 Å². The summed E-state index contributed by atoms with van der Waals surface area (Å²) in [6.07, 6.45) is 0. The summed E-state index contributed by atoms with van der Waals surface area (Å²) >= 11 is 1.44. The van der Waals surface area contributed by atoms with Crippen LogP contribution in [0.25, 0.3) is 10.2 Å². The number of amides is 1. The summed E-state index contributed by atoms with van der Waals surface area (Å²) in [6, 6.07) is 6.13. The highest BCUT2D eigenvalue weighted by Gasteiger charge is 2.21. The van der Waals surface area contributed by atoms with E-state index in [0.29, 0.717) is 13.2 Å². The van der Waals surface area contributed by atoms with Gasteiger partial charge in [0.1, 0.15) is 23.0 Å². The quantitative estimate of drug-likeness (QED) is 0.656. The molecule has 0 spiro atoms. The fourth-order valence-electron chi connectivity index (χ4n) is 3.27. The number of nitrogens with zero attached hydrogens (tertiary/aromatic N) is 3. The molecule has 3 aromatic rings. The van der Waals surface area contributed by atoms with Crippen molar-refractivity contribution in [1.82, 2.24) is 14.9 Å². The van der Waals surface area contributed by atoms with Gasteiger partial charge in [0.25, 0.3) is 5.91 Å². The topological polar surface area (TPSA) is 55.3 Å².